The number of methoxy groups -OCH3 is 1. The topological polar surface area (TPSA) is 46.5 Å². The van der Waals surface area contributed by atoms with Crippen molar-refractivity contribution in [1.82, 2.24) is 0 Å². The second-order valence-corrected chi connectivity index (χ2v) is 3.63. The number of benzene rings is 1. The molecule has 0 radical (unpaired) electrons. The fourth-order valence-electron chi connectivity index (χ4n) is 1.18. The van der Waals surface area contributed by atoms with Gasteiger partial charge in [-0.15, -0.1) is 11.8 Å². The first-order valence-corrected chi connectivity index (χ1v) is 5.32. The highest BCUT2D eigenvalue weighted by molar-refractivity contribution is 7.98. The average Bonchev–Trinajstić information content (AvgIpc) is 2.16. The molecule has 0 atom stereocenters. The molecule has 4 heteroatoms. The molecule has 0 aliphatic rings. The monoisotopic (exact) mass is 212 g/mol. The Balaban J connectivity index is 3.01. The number of rotatable bonds is 4. The van der Waals surface area contributed by atoms with Crippen LogP contribution in [0.25, 0.3) is 0 Å². The predicted molar refractivity (Wildman–Crippen MR) is 56.1 cm³/mol. The lowest BCUT2D eigenvalue weighted by Gasteiger charge is -2.07. The molecule has 1 N–H and O–H groups in total. The first-order valence-electron chi connectivity index (χ1n) is 4.10. The number of carbonyl (C=O) groups is 1. The molecule has 0 aliphatic heterocycles. The third-order valence-electron chi connectivity index (χ3n) is 1.83. The van der Waals surface area contributed by atoms with Crippen LogP contribution in [-0.2, 0) is 11.2 Å². The van der Waals surface area contributed by atoms with Crippen LogP contribution in [0.5, 0.6) is 5.75 Å². The minimum atomic E-state index is -0.846. The zero-order valence-corrected chi connectivity index (χ0v) is 8.93. The van der Waals surface area contributed by atoms with Crippen LogP contribution < -0.4 is 4.74 Å². The molecule has 0 saturated heterocycles. The molecule has 3 nitrogen and oxygen atoms in total. The second-order valence-electron chi connectivity index (χ2n) is 2.75. The highest BCUT2D eigenvalue weighted by atomic mass is 32.2. The summed E-state index contributed by atoms with van der Waals surface area (Å²) in [6, 6.07) is 5.55. The Labute approximate surface area is 87.1 Å². The fourth-order valence-corrected chi connectivity index (χ4v) is 1.65. The third-order valence-corrected chi connectivity index (χ3v) is 2.55. The number of aliphatic carboxylic acids is 1. The number of ether oxygens (including phenoxy) is 1. The van der Waals surface area contributed by atoms with Gasteiger partial charge in [0.05, 0.1) is 13.5 Å². The van der Waals surface area contributed by atoms with E-state index in [1.165, 1.54) is 0 Å². The summed E-state index contributed by atoms with van der Waals surface area (Å²) in [5, 5.41) is 8.69. The molecule has 1 aromatic carbocycles. The van der Waals surface area contributed by atoms with Gasteiger partial charge in [-0.2, -0.15) is 0 Å². The van der Waals surface area contributed by atoms with Crippen LogP contribution in [0.4, 0.5) is 0 Å². The van der Waals surface area contributed by atoms with Crippen molar-refractivity contribution in [2.75, 3.05) is 13.4 Å². The lowest BCUT2D eigenvalue weighted by Crippen LogP contribution is -2.02. The molecule has 0 saturated carbocycles. The van der Waals surface area contributed by atoms with Crippen LogP contribution in [-0.4, -0.2) is 24.4 Å². The van der Waals surface area contributed by atoms with E-state index < -0.39 is 5.97 Å². The van der Waals surface area contributed by atoms with Crippen molar-refractivity contribution in [3.05, 3.63) is 23.8 Å². The van der Waals surface area contributed by atoms with Crippen molar-refractivity contribution >= 4 is 17.7 Å². The number of thioether (sulfide) groups is 1. The van der Waals surface area contributed by atoms with Gasteiger partial charge in [0.2, 0.25) is 0 Å². The van der Waals surface area contributed by atoms with Crippen molar-refractivity contribution in [2.24, 2.45) is 0 Å². The summed E-state index contributed by atoms with van der Waals surface area (Å²) < 4.78 is 5.07. The summed E-state index contributed by atoms with van der Waals surface area (Å²) in [4.78, 5) is 11.6. The van der Waals surface area contributed by atoms with Crippen LogP contribution in [0.1, 0.15) is 5.56 Å². The quantitative estimate of drug-likeness (QED) is 0.776. The van der Waals surface area contributed by atoms with E-state index in [1.54, 1.807) is 24.9 Å². The Morgan fingerprint density at radius 1 is 1.57 bits per heavy atom. The summed E-state index contributed by atoms with van der Waals surface area (Å²) in [5.41, 5.74) is 0.715. The first kappa shape index (κ1) is 10.9. The van der Waals surface area contributed by atoms with E-state index in [4.69, 9.17) is 9.84 Å². The Morgan fingerprint density at radius 3 is 2.79 bits per heavy atom. The zero-order valence-electron chi connectivity index (χ0n) is 8.11. The molecule has 76 valence electrons. The summed E-state index contributed by atoms with van der Waals surface area (Å²) in [5.74, 6) is -0.216. The molecule has 14 heavy (non-hydrogen) atoms. The molecule has 0 fully saturated rings. The van der Waals surface area contributed by atoms with Crippen molar-refractivity contribution in [1.29, 1.82) is 0 Å². The van der Waals surface area contributed by atoms with Gasteiger partial charge in [-0.25, -0.2) is 0 Å². The second kappa shape index (κ2) is 4.91. The van der Waals surface area contributed by atoms with Gasteiger partial charge in [0.1, 0.15) is 5.75 Å². The van der Waals surface area contributed by atoms with E-state index in [9.17, 15) is 4.79 Å². The third kappa shape index (κ3) is 2.67. The molecular weight excluding hydrogens is 200 g/mol. The van der Waals surface area contributed by atoms with Gasteiger partial charge >= 0.3 is 5.97 Å². The SMILES string of the molecule is COc1ccc(SC)cc1CC(=O)O. The normalized spacial score (nSPS) is 9.86. The Hall–Kier alpha value is -1.16. The molecule has 1 rings (SSSR count). The van der Waals surface area contributed by atoms with E-state index in [1.807, 2.05) is 18.4 Å². The van der Waals surface area contributed by atoms with Gasteiger partial charge in [-0.3, -0.25) is 4.79 Å². The van der Waals surface area contributed by atoms with Gasteiger partial charge in [0.15, 0.2) is 0 Å². The van der Waals surface area contributed by atoms with E-state index in [0.717, 1.165) is 4.90 Å². The van der Waals surface area contributed by atoms with E-state index in [-0.39, 0.29) is 6.42 Å². The summed E-state index contributed by atoms with van der Waals surface area (Å²) in [6.45, 7) is 0. The van der Waals surface area contributed by atoms with Crippen molar-refractivity contribution in [3.63, 3.8) is 0 Å². The highest BCUT2D eigenvalue weighted by Gasteiger charge is 2.07. The Morgan fingerprint density at radius 2 is 2.29 bits per heavy atom. The predicted octanol–water partition coefficient (Wildman–Crippen LogP) is 2.04. The molecule has 1 aromatic rings. The van der Waals surface area contributed by atoms with Crippen LogP contribution in [0.15, 0.2) is 23.1 Å². The smallest absolute Gasteiger partial charge is 0.307 e. The van der Waals surface area contributed by atoms with E-state index in [2.05, 4.69) is 0 Å². The van der Waals surface area contributed by atoms with Gasteiger partial charge in [0.25, 0.3) is 0 Å². The van der Waals surface area contributed by atoms with Crippen LogP contribution in [0.3, 0.4) is 0 Å². The lowest BCUT2D eigenvalue weighted by atomic mass is 10.1. The van der Waals surface area contributed by atoms with Crippen LogP contribution in [0.2, 0.25) is 0 Å². The molecular formula is C10H12O3S. The van der Waals surface area contributed by atoms with Crippen molar-refractivity contribution in [2.45, 2.75) is 11.3 Å². The molecule has 0 unspecified atom stereocenters. The van der Waals surface area contributed by atoms with E-state index in [0.29, 0.717) is 11.3 Å². The molecule has 0 spiro atoms. The maximum atomic E-state index is 10.6. The van der Waals surface area contributed by atoms with Gasteiger partial charge in [0, 0.05) is 10.5 Å². The molecule has 0 aromatic heterocycles. The largest absolute Gasteiger partial charge is 0.496 e. The van der Waals surface area contributed by atoms with Gasteiger partial charge in [-0.1, -0.05) is 0 Å². The Kier molecular flexibility index (Phi) is 3.83. The first-order chi connectivity index (χ1) is 6.67. The fraction of sp³-hybridized carbons (Fsp3) is 0.300. The number of hydrogen-bond acceptors (Lipinski definition) is 3. The number of carboxylic acids is 1. The minimum Gasteiger partial charge on any atom is -0.496 e. The highest BCUT2D eigenvalue weighted by Crippen LogP contribution is 2.24. The molecule has 0 amide bonds. The summed E-state index contributed by atoms with van der Waals surface area (Å²) >= 11 is 1.58. The van der Waals surface area contributed by atoms with Gasteiger partial charge < -0.3 is 9.84 Å². The molecule has 0 bridgehead atoms. The minimum absolute atomic E-state index is 0.00241. The van der Waals surface area contributed by atoms with E-state index >= 15 is 0 Å². The van der Waals surface area contributed by atoms with Crippen molar-refractivity contribution < 1.29 is 14.6 Å². The van der Waals surface area contributed by atoms with Gasteiger partial charge in [-0.05, 0) is 24.5 Å². The van der Waals surface area contributed by atoms with Crippen LogP contribution >= 0.6 is 11.8 Å². The Bertz CT molecular complexity index is 336. The summed E-state index contributed by atoms with van der Waals surface area (Å²) in [6.07, 6.45) is 1.95. The average molecular weight is 212 g/mol. The van der Waals surface area contributed by atoms with Crippen molar-refractivity contribution in [3.8, 4) is 5.75 Å². The summed E-state index contributed by atoms with van der Waals surface area (Å²) in [7, 11) is 1.54. The lowest BCUT2D eigenvalue weighted by molar-refractivity contribution is -0.136. The number of hydrogen-bond donors (Lipinski definition) is 1. The standard InChI is InChI=1S/C10H12O3S/c1-13-9-4-3-8(14-2)5-7(9)6-10(11)12/h3-5H,6H2,1-2H3,(H,11,12). The van der Waals surface area contributed by atoms with Crippen LogP contribution in [0, 0.1) is 0 Å². The molecule has 0 heterocycles. The maximum Gasteiger partial charge on any atom is 0.307 e. The number of carboxylic acid groups (broad SMARTS) is 1. The molecule has 0 aliphatic carbocycles. The zero-order chi connectivity index (χ0) is 10.6. The maximum absolute atomic E-state index is 10.6.